The Kier molecular flexibility index (Phi) is 10.6. The van der Waals surface area contributed by atoms with E-state index < -0.39 is 41.7 Å². The predicted molar refractivity (Wildman–Crippen MR) is 311 cm³/mol. The summed E-state index contributed by atoms with van der Waals surface area (Å²) in [6.07, 6.45) is 5.49. The molecule has 6 heteroatoms. The van der Waals surface area contributed by atoms with Gasteiger partial charge >= 0.3 is 0 Å². The second kappa shape index (κ2) is 19.7. The molecule has 0 saturated heterocycles. The molecular weight excluding hydrogens is 1110 g/mol. The Morgan fingerprint density at radius 1 is 0.500 bits per heavy atom. The summed E-state index contributed by atoms with van der Waals surface area (Å²) in [5.41, 5.74) is 8.74. The SMILES string of the molecule is [2H]c1c([2H])c([2H])c(-c2ccc3c(c2)n(-c2[c-]c(Oc4[c-]c5c(cc4)c4ccccc4n5-c4cc(C(C)(C)C)ccn4)ccc2)[c-][n+]3-c2c(-c3cc(C(C)(C)C)cc(C(C)(C)C)c3)cc(C(C)(C)C)cc2-c2c([2H])c([2H])c([2H])c([2H])c2[2H])c([2H])c1[2H].[Pt]. The molecule has 0 spiro atoms. The minimum atomic E-state index is -0.517. The number of ether oxygens (including phenoxy) is 1. The maximum atomic E-state index is 9.55. The smallest absolute Gasteiger partial charge is 0.268 e. The average Bonchev–Trinajstić information content (AvgIpc) is 1.62. The maximum absolute atomic E-state index is 9.55. The van der Waals surface area contributed by atoms with Crippen molar-refractivity contribution in [3.05, 3.63) is 223 Å². The molecule has 0 unspecified atom stereocenters. The molecule has 11 rings (SSSR count). The van der Waals surface area contributed by atoms with Crippen LogP contribution in [0, 0.1) is 18.5 Å². The summed E-state index contributed by atoms with van der Waals surface area (Å²) >= 11 is 0. The average molecular weight is 1180 g/mol. The van der Waals surface area contributed by atoms with E-state index in [-0.39, 0.29) is 72.6 Å². The van der Waals surface area contributed by atoms with Crippen molar-refractivity contribution in [2.24, 2.45) is 0 Å². The van der Waals surface area contributed by atoms with E-state index in [1.807, 2.05) is 59.3 Å². The second-order valence-corrected chi connectivity index (χ2v) is 23.5. The van der Waals surface area contributed by atoms with E-state index in [0.717, 1.165) is 55.4 Å². The van der Waals surface area contributed by atoms with Crippen molar-refractivity contribution in [3.8, 4) is 62.1 Å². The molecule has 5 nitrogen and oxygen atoms in total. The first-order valence-corrected chi connectivity index (χ1v) is 25.5. The van der Waals surface area contributed by atoms with Crippen LogP contribution in [-0.2, 0) is 42.7 Å². The van der Waals surface area contributed by atoms with E-state index in [2.05, 4.69) is 149 Å². The van der Waals surface area contributed by atoms with E-state index in [1.54, 1.807) is 28.8 Å². The predicted octanol–water partition coefficient (Wildman–Crippen LogP) is 17.8. The van der Waals surface area contributed by atoms with Gasteiger partial charge in [-0.2, -0.15) is 18.2 Å². The van der Waals surface area contributed by atoms with Gasteiger partial charge in [0.1, 0.15) is 5.82 Å². The first-order valence-electron chi connectivity index (χ1n) is 30.5. The molecule has 3 aromatic heterocycles. The van der Waals surface area contributed by atoms with Crippen LogP contribution in [0.5, 0.6) is 11.5 Å². The molecule has 0 radical (unpaired) electrons. The molecule has 3 heterocycles. The van der Waals surface area contributed by atoms with Gasteiger partial charge in [-0.3, -0.25) is 4.57 Å². The van der Waals surface area contributed by atoms with E-state index in [1.165, 1.54) is 0 Å². The monoisotopic (exact) mass is 1180 g/mol. The van der Waals surface area contributed by atoms with Crippen LogP contribution < -0.4 is 9.30 Å². The largest absolute Gasteiger partial charge is 0.510 e. The first kappa shape index (κ1) is 40.9. The van der Waals surface area contributed by atoms with Gasteiger partial charge in [-0.15, -0.1) is 29.7 Å². The quantitative estimate of drug-likeness (QED) is 0.112. The third-order valence-corrected chi connectivity index (χ3v) is 14.0. The Morgan fingerprint density at radius 3 is 1.76 bits per heavy atom. The fourth-order valence-electron chi connectivity index (χ4n) is 9.68. The number of para-hydroxylation sites is 1. The Hall–Kier alpha value is -7.33. The fraction of sp³-hybridized carbons (Fsp3) is 0.229. The number of hydrogen-bond donors (Lipinski definition) is 0. The Morgan fingerprint density at radius 2 is 1.11 bits per heavy atom. The van der Waals surface area contributed by atoms with Gasteiger partial charge in [-0.1, -0.05) is 210 Å². The van der Waals surface area contributed by atoms with Gasteiger partial charge in [0, 0.05) is 44.3 Å². The van der Waals surface area contributed by atoms with Crippen LogP contribution >= 0.6 is 0 Å². The molecule has 11 aromatic rings. The van der Waals surface area contributed by atoms with E-state index >= 15 is 0 Å². The van der Waals surface area contributed by atoms with Gasteiger partial charge in [0.05, 0.1) is 30.4 Å². The van der Waals surface area contributed by atoms with Gasteiger partial charge in [0.15, 0.2) is 0 Å². The van der Waals surface area contributed by atoms with E-state index in [9.17, 15) is 2.74 Å². The summed E-state index contributed by atoms with van der Waals surface area (Å²) in [7, 11) is 0. The van der Waals surface area contributed by atoms with Gasteiger partial charge in [-0.25, -0.2) is 4.98 Å². The van der Waals surface area contributed by atoms with Crippen LogP contribution in [0.3, 0.4) is 0 Å². The van der Waals surface area contributed by atoms with Gasteiger partial charge in [0.2, 0.25) is 0 Å². The zero-order valence-corrected chi connectivity index (χ0v) is 47.3. The third-order valence-electron chi connectivity index (χ3n) is 14.0. The molecule has 384 valence electrons. The zero-order chi connectivity index (χ0) is 61.3. The molecule has 0 aliphatic heterocycles. The van der Waals surface area contributed by atoms with Gasteiger partial charge in [0.25, 0.3) is 6.33 Å². The molecule has 76 heavy (non-hydrogen) atoms. The number of aromatic nitrogens is 4. The van der Waals surface area contributed by atoms with Crippen molar-refractivity contribution in [1.29, 1.82) is 0 Å². The number of fused-ring (bicyclic) bond motifs is 4. The topological polar surface area (TPSA) is 35.9 Å². The van der Waals surface area contributed by atoms with Gasteiger partial charge in [-0.05, 0) is 113 Å². The summed E-state index contributed by atoms with van der Waals surface area (Å²) in [6, 6.07) is 40.2. The van der Waals surface area contributed by atoms with Crippen molar-refractivity contribution >= 4 is 32.8 Å². The number of hydrogen-bond acceptors (Lipinski definition) is 2. The molecular formula is C70H66N4OPt-2. The second-order valence-electron chi connectivity index (χ2n) is 23.5. The maximum Gasteiger partial charge on any atom is 0.268 e. The molecule has 0 fully saturated rings. The van der Waals surface area contributed by atoms with Crippen LogP contribution in [0.2, 0.25) is 0 Å². The van der Waals surface area contributed by atoms with E-state index in [4.69, 9.17) is 20.7 Å². The molecule has 0 saturated carbocycles. The normalized spacial score (nSPS) is 14.2. The number of pyridine rings is 1. The number of nitrogens with zero attached hydrogens (tertiary/aromatic N) is 4. The number of imidazole rings is 1. The number of benzene rings is 8. The summed E-state index contributed by atoms with van der Waals surface area (Å²) in [5, 5.41) is 2.00. The molecule has 0 N–H and O–H groups in total. The molecule has 0 atom stereocenters. The zero-order valence-electron chi connectivity index (χ0n) is 55.1. The minimum Gasteiger partial charge on any atom is -0.510 e. The Balaban J connectivity index is 0.00000820. The first-order chi connectivity index (χ1) is 39.8. The summed E-state index contributed by atoms with van der Waals surface area (Å²) < 4.78 is 102. The number of rotatable bonds is 8. The standard InChI is InChI=1S/C70H66N4O.Pt/c1-67(2,3)50-34-35-71-65(42-50)74-61-29-20-19-28-57(61)58-32-31-56(44-63(58)74)75-55-27-21-26-54(43-55)72-45-73(62-33-30-48(38-64(62)72)46-22-15-13-16-23-46)66-59(47-24-17-14-18-25-47)40-53(70(10,11)12)41-60(66)49-36-51(68(4,5)6)39-52(37-49)69(7,8)9;/h13-42H,1-12H3;/q-2;/i13D,14D,15D,16D,17D,18D,22D,23D,24D,25D;. The van der Waals surface area contributed by atoms with Crippen LogP contribution in [0.4, 0.5) is 0 Å². The molecule has 8 aromatic carbocycles. The molecule has 0 amide bonds. The van der Waals surface area contributed by atoms with Crippen molar-refractivity contribution < 1.29 is 44.1 Å². The van der Waals surface area contributed by atoms with Gasteiger partial charge < -0.3 is 13.9 Å². The van der Waals surface area contributed by atoms with Crippen molar-refractivity contribution in [2.45, 2.75) is 105 Å². The van der Waals surface area contributed by atoms with Crippen molar-refractivity contribution in [3.63, 3.8) is 0 Å². The Labute approximate surface area is 478 Å². The molecule has 0 aliphatic carbocycles. The van der Waals surface area contributed by atoms with Crippen LogP contribution in [0.25, 0.3) is 83.4 Å². The Bertz CT molecular complexity index is 4480. The molecule has 0 bridgehead atoms. The van der Waals surface area contributed by atoms with Crippen LogP contribution in [0.1, 0.15) is 119 Å². The van der Waals surface area contributed by atoms with Crippen LogP contribution in [0.15, 0.2) is 182 Å². The van der Waals surface area contributed by atoms with Crippen molar-refractivity contribution in [1.82, 2.24) is 14.1 Å². The molecule has 0 aliphatic rings. The van der Waals surface area contributed by atoms with Crippen LogP contribution in [-0.4, -0.2) is 14.1 Å². The summed E-state index contributed by atoms with van der Waals surface area (Å²) in [4.78, 5) is 4.85. The summed E-state index contributed by atoms with van der Waals surface area (Å²) in [6.45, 7) is 25.8. The fourth-order valence-corrected chi connectivity index (χ4v) is 9.68. The van der Waals surface area contributed by atoms with Crippen molar-refractivity contribution in [2.75, 3.05) is 0 Å². The third kappa shape index (κ3) is 9.99. The minimum absolute atomic E-state index is 0. The summed E-state index contributed by atoms with van der Waals surface area (Å²) in [5.74, 6) is 1.49. The van der Waals surface area contributed by atoms with E-state index in [0.29, 0.717) is 50.6 Å².